The first-order valence-corrected chi connectivity index (χ1v) is 4.79. The topological polar surface area (TPSA) is 52.9 Å². The van der Waals surface area contributed by atoms with Gasteiger partial charge in [0.15, 0.2) is 0 Å². The van der Waals surface area contributed by atoms with E-state index in [1.54, 1.807) is 0 Å². The second-order valence-electron chi connectivity index (χ2n) is 3.65. The van der Waals surface area contributed by atoms with Crippen molar-refractivity contribution < 1.29 is 14.9 Å². The summed E-state index contributed by atoms with van der Waals surface area (Å²) in [5, 5.41) is 18.0. The van der Waals surface area contributed by atoms with Gasteiger partial charge in [0.2, 0.25) is 0 Å². The molecule has 1 rings (SSSR count). The summed E-state index contributed by atoms with van der Waals surface area (Å²) in [4.78, 5) is 2.15. The lowest BCUT2D eigenvalue weighted by Crippen LogP contribution is -2.51. The first-order valence-electron chi connectivity index (χ1n) is 4.79. The average molecular weight is 189 g/mol. The summed E-state index contributed by atoms with van der Waals surface area (Å²) in [5.41, 5.74) is 0. The van der Waals surface area contributed by atoms with Crippen LogP contribution in [0.1, 0.15) is 13.8 Å². The molecule has 4 nitrogen and oxygen atoms in total. The predicted octanol–water partition coefficient (Wildman–Crippen LogP) is -0.551. The molecule has 0 aliphatic carbocycles. The molecule has 0 aromatic carbocycles. The van der Waals surface area contributed by atoms with Crippen molar-refractivity contribution in [3.8, 4) is 0 Å². The van der Waals surface area contributed by atoms with Gasteiger partial charge in [0.05, 0.1) is 25.4 Å². The van der Waals surface area contributed by atoms with Gasteiger partial charge in [-0.3, -0.25) is 4.90 Å². The van der Waals surface area contributed by atoms with Crippen LogP contribution in [0.15, 0.2) is 0 Å². The summed E-state index contributed by atoms with van der Waals surface area (Å²) in [6.45, 7) is 6.02. The van der Waals surface area contributed by atoms with Crippen LogP contribution >= 0.6 is 0 Å². The second kappa shape index (κ2) is 4.91. The number of ether oxygens (including phenoxy) is 1. The van der Waals surface area contributed by atoms with E-state index < -0.39 is 6.10 Å². The Morgan fingerprint density at radius 2 is 2.23 bits per heavy atom. The second-order valence-corrected chi connectivity index (χ2v) is 3.65. The predicted molar refractivity (Wildman–Crippen MR) is 49.5 cm³/mol. The maximum Gasteiger partial charge on any atom is 0.0897 e. The van der Waals surface area contributed by atoms with Crippen LogP contribution in [0.2, 0.25) is 0 Å². The molecule has 1 heterocycles. The van der Waals surface area contributed by atoms with Gasteiger partial charge in [0.25, 0.3) is 0 Å². The summed E-state index contributed by atoms with van der Waals surface area (Å²) in [7, 11) is 0. The maximum absolute atomic E-state index is 9.28. The zero-order chi connectivity index (χ0) is 9.84. The number of morpholine rings is 1. The van der Waals surface area contributed by atoms with Gasteiger partial charge in [-0.05, 0) is 13.8 Å². The molecule has 2 N–H and O–H groups in total. The maximum atomic E-state index is 9.28. The fraction of sp³-hybridized carbons (Fsp3) is 1.00. The van der Waals surface area contributed by atoms with Crippen molar-refractivity contribution in [2.45, 2.75) is 32.1 Å². The quantitative estimate of drug-likeness (QED) is 0.625. The molecule has 0 radical (unpaired) electrons. The molecule has 0 saturated carbocycles. The molecule has 4 heteroatoms. The zero-order valence-corrected chi connectivity index (χ0v) is 8.31. The molecule has 13 heavy (non-hydrogen) atoms. The normalized spacial score (nSPS) is 33.2. The van der Waals surface area contributed by atoms with E-state index in [0.29, 0.717) is 19.2 Å². The molecule has 0 bridgehead atoms. The largest absolute Gasteiger partial charge is 0.394 e. The summed E-state index contributed by atoms with van der Waals surface area (Å²) in [6, 6.07) is 0.315. The lowest BCUT2D eigenvalue weighted by Gasteiger charge is -2.38. The van der Waals surface area contributed by atoms with Gasteiger partial charge in [0.1, 0.15) is 0 Å². The van der Waals surface area contributed by atoms with E-state index >= 15 is 0 Å². The van der Waals surface area contributed by atoms with Crippen LogP contribution in [0.5, 0.6) is 0 Å². The van der Waals surface area contributed by atoms with Gasteiger partial charge in [-0.1, -0.05) is 0 Å². The number of β-amino-alcohol motifs (C(OH)–C–C–N with tert-alkyl or cyclic N) is 1. The Bertz CT molecular complexity index is 154. The fourth-order valence-corrected chi connectivity index (χ4v) is 1.58. The highest BCUT2D eigenvalue weighted by molar-refractivity contribution is 4.79. The number of rotatable bonds is 3. The fourth-order valence-electron chi connectivity index (χ4n) is 1.58. The van der Waals surface area contributed by atoms with Crippen molar-refractivity contribution >= 4 is 0 Å². The van der Waals surface area contributed by atoms with Crippen molar-refractivity contribution in [1.82, 2.24) is 4.90 Å². The molecule has 0 spiro atoms. The van der Waals surface area contributed by atoms with Gasteiger partial charge in [0, 0.05) is 19.1 Å². The van der Waals surface area contributed by atoms with Crippen molar-refractivity contribution in [3.63, 3.8) is 0 Å². The van der Waals surface area contributed by atoms with Gasteiger partial charge in [-0.15, -0.1) is 0 Å². The number of nitrogens with zero attached hydrogens (tertiary/aromatic N) is 1. The first-order chi connectivity index (χ1) is 6.15. The third-order valence-electron chi connectivity index (χ3n) is 2.67. The van der Waals surface area contributed by atoms with E-state index in [-0.39, 0.29) is 12.7 Å². The molecule has 0 amide bonds. The molecule has 0 aromatic heterocycles. The summed E-state index contributed by atoms with van der Waals surface area (Å²) < 4.78 is 5.45. The molecular weight excluding hydrogens is 170 g/mol. The highest BCUT2D eigenvalue weighted by Gasteiger charge is 2.26. The lowest BCUT2D eigenvalue weighted by molar-refractivity contribution is -0.0710. The van der Waals surface area contributed by atoms with Crippen LogP contribution < -0.4 is 0 Å². The number of hydrogen-bond acceptors (Lipinski definition) is 4. The lowest BCUT2D eigenvalue weighted by atomic mass is 10.1. The van der Waals surface area contributed by atoms with Crippen LogP contribution in [0.4, 0.5) is 0 Å². The highest BCUT2D eigenvalue weighted by Crippen LogP contribution is 2.13. The number of aliphatic hydroxyl groups is 2. The molecule has 1 saturated heterocycles. The van der Waals surface area contributed by atoms with E-state index in [1.165, 1.54) is 0 Å². The van der Waals surface area contributed by atoms with Crippen LogP contribution in [0.25, 0.3) is 0 Å². The van der Waals surface area contributed by atoms with Gasteiger partial charge in [-0.2, -0.15) is 0 Å². The summed E-state index contributed by atoms with van der Waals surface area (Å²) in [6.07, 6.45) is -0.424. The van der Waals surface area contributed by atoms with Crippen LogP contribution in [0, 0.1) is 0 Å². The minimum atomic E-state index is -0.632. The Morgan fingerprint density at radius 1 is 1.54 bits per heavy atom. The number of hydrogen-bond donors (Lipinski definition) is 2. The molecule has 1 aliphatic rings. The first kappa shape index (κ1) is 10.9. The molecule has 3 unspecified atom stereocenters. The molecular formula is C9H19NO3. The van der Waals surface area contributed by atoms with Crippen LogP contribution in [0.3, 0.4) is 0 Å². The zero-order valence-electron chi connectivity index (χ0n) is 8.31. The Morgan fingerprint density at radius 3 is 2.85 bits per heavy atom. The minimum Gasteiger partial charge on any atom is -0.394 e. The van der Waals surface area contributed by atoms with Gasteiger partial charge >= 0.3 is 0 Å². The van der Waals surface area contributed by atoms with Gasteiger partial charge < -0.3 is 14.9 Å². The Balaban J connectivity index is 2.39. The minimum absolute atomic E-state index is 0.168. The molecule has 0 aromatic rings. The summed E-state index contributed by atoms with van der Waals surface area (Å²) >= 11 is 0. The van der Waals surface area contributed by atoms with E-state index in [0.717, 1.165) is 6.54 Å². The highest BCUT2D eigenvalue weighted by atomic mass is 16.5. The number of aliphatic hydroxyl groups excluding tert-OH is 2. The van der Waals surface area contributed by atoms with E-state index in [1.807, 2.05) is 6.92 Å². The van der Waals surface area contributed by atoms with Gasteiger partial charge in [-0.25, -0.2) is 0 Å². The molecule has 3 atom stereocenters. The Hall–Kier alpha value is -0.160. The third kappa shape index (κ3) is 2.91. The average Bonchev–Trinajstić information content (AvgIpc) is 2.13. The third-order valence-corrected chi connectivity index (χ3v) is 2.67. The van der Waals surface area contributed by atoms with Crippen molar-refractivity contribution in [3.05, 3.63) is 0 Å². The SMILES string of the molecule is CC1OCCN(CC(O)CO)C1C. The van der Waals surface area contributed by atoms with E-state index in [2.05, 4.69) is 11.8 Å². The van der Waals surface area contributed by atoms with Crippen molar-refractivity contribution in [1.29, 1.82) is 0 Å². The smallest absolute Gasteiger partial charge is 0.0897 e. The summed E-state index contributed by atoms with van der Waals surface area (Å²) in [5.74, 6) is 0. The van der Waals surface area contributed by atoms with Crippen LogP contribution in [-0.4, -0.2) is 59.7 Å². The van der Waals surface area contributed by atoms with Crippen molar-refractivity contribution in [2.24, 2.45) is 0 Å². The molecule has 1 aliphatic heterocycles. The molecule has 1 fully saturated rings. The Kier molecular flexibility index (Phi) is 4.12. The Labute approximate surface area is 79.1 Å². The van der Waals surface area contributed by atoms with Crippen LogP contribution in [-0.2, 0) is 4.74 Å². The monoisotopic (exact) mass is 189 g/mol. The van der Waals surface area contributed by atoms with Crippen molar-refractivity contribution in [2.75, 3.05) is 26.3 Å². The molecule has 78 valence electrons. The van der Waals surface area contributed by atoms with E-state index in [9.17, 15) is 5.11 Å². The van der Waals surface area contributed by atoms with E-state index in [4.69, 9.17) is 9.84 Å². The standard InChI is InChI=1S/C9H19NO3/c1-7-8(2)13-4-3-10(7)5-9(12)6-11/h7-9,11-12H,3-6H2,1-2H3.